The average molecular weight is 427 g/mol. The van der Waals surface area contributed by atoms with Crippen LogP contribution in [0.4, 0.5) is 0 Å². The monoisotopic (exact) mass is 426 g/mol. The third-order valence-corrected chi connectivity index (χ3v) is 8.07. The molecule has 0 bridgehead atoms. The van der Waals surface area contributed by atoms with Crippen molar-refractivity contribution in [2.75, 3.05) is 13.1 Å². The maximum atomic E-state index is 13.2. The molecule has 1 fully saturated rings. The quantitative estimate of drug-likeness (QED) is 0.798. The lowest BCUT2D eigenvalue weighted by atomic mass is 9.87. The number of amides is 1. The van der Waals surface area contributed by atoms with Gasteiger partial charge >= 0.3 is 0 Å². The van der Waals surface area contributed by atoms with E-state index in [-0.39, 0.29) is 16.8 Å². The van der Waals surface area contributed by atoms with Crippen LogP contribution < -0.4 is 5.32 Å². The Hall–Kier alpha value is -2.18. The highest BCUT2D eigenvalue weighted by Gasteiger charge is 2.32. The van der Waals surface area contributed by atoms with Gasteiger partial charge in [-0.25, -0.2) is 8.42 Å². The van der Waals surface area contributed by atoms with Gasteiger partial charge < -0.3 is 5.32 Å². The van der Waals surface area contributed by atoms with Crippen molar-refractivity contribution in [3.63, 3.8) is 0 Å². The Labute approximate surface area is 179 Å². The van der Waals surface area contributed by atoms with E-state index >= 15 is 0 Å². The number of fused-ring (bicyclic) bond motifs is 1. The van der Waals surface area contributed by atoms with Crippen LogP contribution in [0.15, 0.2) is 53.4 Å². The van der Waals surface area contributed by atoms with Crippen LogP contribution in [0.25, 0.3) is 0 Å². The fourth-order valence-corrected chi connectivity index (χ4v) is 6.62. The van der Waals surface area contributed by atoms with Gasteiger partial charge in [0, 0.05) is 18.7 Å². The molecule has 1 aliphatic carbocycles. The number of hydrogen-bond acceptors (Lipinski definition) is 3. The predicted octanol–water partition coefficient (Wildman–Crippen LogP) is 4.16. The van der Waals surface area contributed by atoms with Gasteiger partial charge in [0.15, 0.2) is 0 Å². The van der Waals surface area contributed by atoms with Crippen molar-refractivity contribution in [1.29, 1.82) is 0 Å². The molecule has 2 aromatic carbocycles. The zero-order valence-electron chi connectivity index (χ0n) is 17.7. The summed E-state index contributed by atoms with van der Waals surface area (Å²) < 4.78 is 28.0. The van der Waals surface area contributed by atoms with E-state index in [4.69, 9.17) is 0 Å². The standard InChI is InChI=1S/C24H30N2O3S/c1-17-13-18(2)16-26(15-17)30(28,29)21-10-5-9-20(14-21)24(27)25-23-12-6-8-19-7-3-4-11-22(19)23/h3-5,7,9-11,14,17-18,23H,6,8,12-13,15-16H2,1-2H3,(H,25,27)/t17-,18+,23-/m1/s1. The largest absolute Gasteiger partial charge is 0.345 e. The summed E-state index contributed by atoms with van der Waals surface area (Å²) in [7, 11) is -3.61. The second-order valence-corrected chi connectivity index (χ2v) is 10.9. The van der Waals surface area contributed by atoms with Gasteiger partial charge in [-0.1, -0.05) is 44.2 Å². The number of carbonyl (C=O) groups excluding carboxylic acids is 1. The summed E-state index contributed by atoms with van der Waals surface area (Å²) in [6, 6.07) is 14.6. The van der Waals surface area contributed by atoms with Gasteiger partial charge in [-0.15, -0.1) is 0 Å². The van der Waals surface area contributed by atoms with Gasteiger partial charge in [-0.3, -0.25) is 4.79 Å². The van der Waals surface area contributed by atoms with Crippen molar-refractivity contribution in [3.05, 3.63) is 65.2 Å². The van der Waals surface area contributed by atoms with Crippen molar-refractivity contribution in [3.8, 4) is 0 Å². The van der Waals surface area contributed by atoms with Gasteiger partial charge in [0.25, 0.3) is 5.91 Å². The van der Waals surface area contributed by atoms with Gasteiger partial charge in [0.1, 0.15) is 0 Å². The minimum absolute atomic E-state index is 0.0356. The Balaban J connectivity index is 1.54. The molecular weight excluding hydrogens is 396 g/mol. The number of piperidine rings is 1. The molecule has 5 nitrogen and oxygen atoms in total. The molecule has 3 atom stereocenters. The summed E-state index contributed by atoms with van der Waals surface area (Å²) in [5.41, 5.74) is 2.83. The summed E-state index contributed by atoms with van der Waals surface area (Å²) in [5.74, 6) is 0.442. The normalized spacial score (nSPS) is 24.8. The summed E-state index contributed by atoms with van der Waals surface area (Å²) in [6.45, 7) is 5.23. The Morgan fingerprint density at radius 3 is 2.53 bits per heavy atom. The molecule has 1 aliphatic heterocycles. The number of hydrogen-bond donors (Lipinski definition) is 1. The maximum absolute atomic E-state index is 13.2. The fraction of sp³-hybridized carbons (Fsp3) is 0.458. The zero-order chi connectivity index (χ0) is 21.3. The van der Waals surface area contributed by atoms with Crippen molar-refractivity contribution in [2.45, 2.75) is 50.5 Å². The Morgan fingerprint density at radius 2 is 1.77 bits per heavy atom. The Kier molecular flexibility index (Phi) is 5.98. The first-order chi connectivity index (χ1) is 14.3. The van der Waals surface area contributed by atoms with E-state index in [1.54, 1.807) is 22.5 Å². The van der Waals surface area contributed by atoms with Crippen molar-refractivity contribution in [2.24, 2.45) is 11.8 Å². The molecule has 1 N–H and O–H groups in total. The SMILES string of the molecule is C[C@@H]1C[C@H](C)CN(S(=O)(=O)c2cccc(C(=O)N[C@@H]3CCCc4ccccc43)c2)C1. The molecule has 2 aliphatic rings. The number of nitrogens with one attached hydrogen (secondary N) is 1. The van der Waals surface area contributed by atoms with Crippen LogP contribution in [0.3, 0.4) is 0 Å². The molecule has 0 aromatic heterocycles. The average Bonchev–Trinajstić information content (AvgIpc) is 2.73. The van der Waals surface area contributed by atoms with Gasteiger partial charge in [0.05, 0.1) is 10.9 Å². The van der Waals surface area contributed by atoms with Gasteiger partial charge in [0.2, 0.25) is 10.0 Å². The third-order valence-electron chi connectivity index (χ3n) is 6.24. The van der Waals surface area contributed by atoms with E-state index in [1.807, 2.05) is 12.1 Å². The highest BCUT2D eigenvalue weighted by molar-refractivity contribution is 7.89. The fourth-order valence-electron chi connectivity index (χ4n) is 4.89. The first-order valence-electron chi connectivity index (χ1n) is 10.8. The molecule has 0 spiro atoms. The maximum Gasteiger partial charge on any atom is 0.251 e. The predicted molar refractivity (Wildman–Crippen MR) is 118 cm³/mol. The molecule has 1 saturated heterocycles. The van der Waals surface area contributed by atoms with E-state index in [9.17, 15) is 13.2 Å². The summed E-state index contributed by atoms with van der Waals surface area (Å²) in [4.78, 5) is 13.2. The summed E-state index contributed by atoms with van der Waals surface area (Å²) >= 11 is 0. The van der Waals surface area contributed by atoms with Gasteiger partial charge in [-0.2, -0.15) is 4.31 Å². The molecule has 4 rings (SSSR count). The van der Waals surface area contributed by atoms with Crippen LogP contribution in [0, 0.1) is 11.8 Å². The lowest BCUT2D eigenvalue weighted by Gasteiger charge is -2.34. The topological polar surface area (TPSA) is 66.5 Å². The summed E-state index contributed by atoms with van der Waals surface area (Å²) in [5, 5.41) is 3.12. The smallest absolute Gasteiger partial charge is 0.251 e. The number of rotatable bonds is 4. The minimum atomic E-state index is -3.61. The molecular formula is C24H30N2O3S. The van der Waals surface area contributed by atoms with Crippen LogP contribution in [-0.4, -0.2) is 31.7 Å². The Morgan fingerprint density at radius 1 is 1.03 bits per heavy atom. The third kappa shape index (κ3) is 4.30. The molecule has 0 saturated carbocycles. The molecule has 0 radical (unpaired) electrons. The van der Waals surface area contributed by atoms with Crippen molar-refractivity contribution >= 4 is 15.9 Å². The molecule has 6 heteroatoms. The number of aryl methyl sites for hydroxylation is 1. The minimum Gasteiger partial charge on any atom is -0.345 e. The number of sulfonamides is 1. The highest BCUT2D eigenvalue weighted by atomic mass is 32.2. The first-order valence-corrected chi connectivity index (χ1v) is 12.3. The van der Waals surface area contributed by atoms with Crippen LogP contribution in [0.5, 0.6) is 0 Å². The molecule has 1 heterocycles. The zero-order valence-corrected chi connectivity index (χ0v) is 18.5. The molecule has 0 unspecified atom stereocenters. The van der Waals surface area contributed by atoms with Crippen LogP contribution in [-0.2, 0) is 16.4 Å². The summed E-state index contributed by atoms with van der Waals surface area (Å²) in [6.07, 6.45) is 3.99. The second-order valence-electron chi connectivity index (χ2n) is 8.91. The first kappa shape index (κ1) is 21.1. The van der Waals surface area contributed by atoms with Crippen molar-refractivity contribution < 1.29 is 13.2 Å². The number of benzene rings is 2. The highest BCUT2D eigenvalue weighted by Crippen LogP contribution is 2.30. The molecule has 30 heavy (non-hydrogen) atoms. The molecule has 1 amide bonds. The lowest BCUT2D eigenvalue weighted by molar-refractivity contribution is 0.0932. The van der Waals surface area contributed by atoms with E-state index in [1.165, 1.54) is 11.6 Å². The molecule has 2 aromatic rings. The van der Waals surface area contributed by atoms with E-state index in [0.717, 1.165) is 31.2 Å². The number of nitrogens with zero attached hydrogens (tertiary/aromatic N) is 1. The molecule has 160 valence electrons. The van der Waals surface area contributed by atoms with Crippen LogP contribution in [0.2, 0.25) is 0 Å². The van der Waals surface area contributed by atoms with E-state index in [2.05, 4.69) is 31.3 Å². The second kappa shape index (κ2) is 8.52. The van der Waals surface area contributed by atoms with E-state index < -0.39 is 10.0 Å². The van der Waals surface area contributed by atoms with Crippen molar-refractivity contribution in [1.82, 2.24) is 9.62 Å². The Bertz CT molecular complexity index is 1020. The van der Waals surface area contributed by atoms with Crippen LogP contribution >= 0.6 is 0 Å². The lowest BCUT2D eigenvalue weighted by Crippen LogP contribution is -2.42. The van der Waals surface area contributed by atoms with Crippen LogP contribution in [0.1, 0.15) is 60.6 Å². The van der Waals surface area contributed by atoms with Gasteiger partial charge in [-0.05, 0) is 66.8 Å². The van der Waals surface area contributed by atoms with E-state index in [0.29, 0.717) is 30.5 Å². The number of carbonyl (C=O) groups is 1.